The third kappa shape index (κ3) is 2.01. The van der Waals surface area contributed by atoms with Crippen LogP contribution in [0.3, 0.4) is 0 Å². The molecule has 0 radical (unpaired) electrons. The van der Waals surface area contributed by atoms with Crippen LogP contribution >= 0.6 is 0 Å². The summed E-state index contributed by atoms with van der Waals surface area (Å²) < 4.78 is 0. The maximum Gasteiger partial charge on any atom is 0.127 e. The largest absolute Gasteiger partial charge is 0.383 e. The zero-order valence-electron chi connectivity index (χ0n) is 11.3. The first-order valence-electron chi connectivity index (χ1n) is 6.64. The Kier molecular flexibility index (Phi) is 2.82. The van der Waals surface area contributed by atoms with Crippen LogP contribution in [0.15, 0.2) is 30.3 Å². The molecule has 0 bridgehead atoms. The van der Waals surface area contributed by atoms with Gasteiger partial charge in [-0.2, -0.15) is 0 Å². The number of benzene rings is 1. The molecule has 3 rings (SSSR count). The summed E-state index contributed by atoms with van der Waals surface area (Å²) in [5.41, 5.74) is 10.0. The Balaban J connectivity index is 2.36. The van der Waals surface area contributed by atoms with Crippen molar-refractivity contribution in [2.24, 2.45) is 0 Å². The molecule has 0 atom stereocenters. The molecule has 0 fully saturated rings. The summed E-state index contributed by atoms with van der Waals surface area (Å²) in [5.74, 6) is 0.630. The van der Waals surface area contributed by atoms with Crippen molar-refractivity contribution in [1.82, 2.24) is 9.97 Å². The predicted molar refractivity (Wildman–Crippen MR) is 80.2 cm³/mol. The fourth-order valence-electron chi connectivity index (χ4n) is 2.44. The van der Waals surface area contributed by atoms with Crippen molar-refractivity contribution < 1.29 is 0 Å². The van der Waals surface area contributed by atoms with Gasteiger partial charge in [0, 0.05) is 16.5 Å². The van der Waals surface area contributed by atoms with Crippen molar-refractivity contribution in [3.63, 3.8) is 0 Å². The predicted octanol–water partition coefficient (Wildman–Crippen LogP) is 3.63. The van der Waals surface area contributed by atoms with Crippen LogP contribution in [-0.4, -0.2) is 9.97 Å². The number of hydrogen-bond donors (Lipinski definition) is 1. The van der Waals surface area contributed by atoms with Crippen molar-refractivity contribution in [3.05, 3.63) is 41.6 Å². The second-order valence-electron chi connectivity index (χ2n) is 4.94. The topological polar surface area (TPSA) is 51.8 Å². The molecule has 0 saturated heterocycles. The molecule has 2 heterocycles. The van der Waals surface area contributed by atoms with Crippen LogP contribution in [0.5, 0.6) is 0 Å². The van der Waals surface area contributed by atoms with Gasteiger partial charge < -0.3 is 5.73 Å². The lowest BCUT2D eigenvalue weighted by Crippen LogP contribution is -1.99. The van der Waals surface area contributed by atoms with Crippen LogP contribution in [0, 0.1) is 6.92 Å². The van der Waals surface area contributed by atoms with E-state index < -0.39 is 0 Å². The molecule has 2 N–H and O–H groups in total. The molecule has 3 heteroatoms. The number of pyridine rings is 2. The average molecular weight is 251 g/mol. The van der Waals surface area contributed by atoms with E-state index in [0.29, 0.717) is 5.82 Å². The molecule has 2 aromatic heterocycles. The zero-order chi connectivity index (χ0) is 13.4. The van der Waals surface area contributed by atoms with E-state index in [-0.39, 0.29) is 0 Å². The molecule has 0 aliphatic carbocycles. The highest BCUT2D eigenvalue weighted by atomic mass is 14.9. The molecule has 19 heavy (non-hydrogen) atoms. The first-order chi connectivity index (χ1) is 9.19. The minimum atomic E-state index is 0.630. The van der Waals surface area contributed by atoms with E-state index in [9.17, 15) is 0 Å². The number of rotatable bonds is 2. The maximum absolute atomic E-state index is 6.06. The number of aromatic nitrogens is 2. The minimum absolute atomic E-state index is 0.630. The molecule has 0 spiro atoms. The highest BCUT2D eigenvalue weighted by Crippen LogP contribution is 2.26. The number of aryl methyl sites for hydroxylation is 2. The third-order valence-electron chi connectivity index (χ3n) is 3.42. The standard InChI is InChI=1S/C16H17N3/c1-3-4-13-9-12-8-7-11-6-5-10(2)18-14(11)15(12)19-16(13)17/h5-9H,3-4H2,1-2H3,(H2,17,19). The molecule has 0 saturated carbocycles. The lowest BCUT2D eigenvalue weighted by Gasteiger charge is -2.08. The quantitative estimate of drug-likeness (QED) is 0.708. The average Bonchev–Trinajstić information content (AvgIpc) is 2.40. The molecule has 3 nitrogen and oxygen atoms in total. The van der Waals surface area contributed by atoms with E-state index in [4.69, 9.17) is 5.73 Å². The van der Waals surface area contributed by atoms with Gasteiger partial charge in [0.1, 0.15) is 5.82 Å². The summed E-state index contributed by atoms with van der Waals surface area (Å²) in [6, 6.07) is 10.4. The second-order valence-corrected chi connectivity index (χ2v) is 4.94. The Bertz CT molecular complexity index is 763. The second kappa shape index (κ2) is 4.50. The lowest BCUT2D eigenvalue weighted by molar-refractivity contribution is 0.921. The Hall–Kier alpha value is -2.16. The van der Waals surface area contributed by atoms with Gasteiger partial charge in [-0.1, -0.05) is 31.5 Å². The first kappa shape index (κ1) is 11.9. The van der Waals surface area contributed by atoms with Gasteiger partial charge in [-0.05, 0) is 31.0 Å². The molecule has 0 aliphatic rings. The van der Waals surface area contributed by atoms with Gasteiger partial charge in [0.05, 0.1) is 11.0 Å². The fraction of sp³-hybridized carbons (Fsp3) is 0.250. The van der Waals surface area contributed by atoms with Crippen molar-refractivity contribution in [2.45, 2.75) is 26.7 Å². The fourth-order valence-corrected chi connectivity index (χ4v) is 2.44. The zero-order valence-corrected chi connectivity index (χ0v) is 11.3. The molecular formula is C16H17N3. The molecule has 96 valence electrons. The monoisotopic (exact) mass is 251 g/mol. The number of hydrogen-bond acceptors (Lipinski definition) is 3. The Morgan fingerprint density at radius 1 is 1.00 bits per heavy atom. The van der Waals surface area contributed by atoms with Crippen molar-refractivity contribution >= 4 is 27.6 Å². The first-order valence-corrected chi connectivity index (χ1v) is 6.64. The summed E-state index contributed by atoms with van der Waals surface area (Å²) in [7, 11) is 0. The molecule has 1 aromatic carbocycles. The summed E-state index contributed by atoms with van der Waals surface area (Å²) in [6.07, 6.45) is 2.04. The maximum atomic E-state index is 6.06. The smallest absolute Gasteiger partial charge is 0.127 e. The Morgan fingerprint density at radius 3 is 2.47 bits per heavy atom. The Morgan fingerprint density at radius 2 is 1.68 bits per heavy atom. The third-order valence-corrected chi connectivity index (χ3v) is 3.42. The SMILES string of the molecule is CCCc1cc2ccc3ccc(C)nc3c2nc1N. The normalized spacial score (nSPS) is 11.3. The van der Waals surface area contributed by atoms with Gasteiger partial charge in [-0.25, -0.2) is 4.98 Å². The van der Waals surface area contributed by atoms with Gasteiger partial charge in [0.15, 0.2) is 0 Å². The summed E-state index contributed by atoms with van der Waals surface area (Å²) in [4.78, 5) is 9.18. The number of nitrogen functional groups attached to an aromatic ring is 1. The number of nitrogens with two attached hydrogens (primary N) is 1. The minimum Gasteiger partial charge on any atom is -0.383 e. The molecule has 0 aliphatic heterocycles. The summed E-state index contributed by atoms with van der Waals surface area (Å²) >= 11 is 0. The van der Waals surface area contributed by atoms with Crippen LogP contribution in [-0.2, 0) is 6.42 Å². The van der Waals surface area contributed by atoms with Gasteiger partial charge in [0.25, 0.3) is 0 Å². The van der Waals surface area contributed by atoms with Crippen LogP contribution < -0.4 is 5.73 Å². The number of anilines is 1. The van der Waals surface area contributed by atoms with Crippen LogP contribution in [0.4, 0.5) is 5.82 Å². The van der Waals surface area contributed by atoms with Gasteiger partial charge >= 0.3 is 0 Å². The van der Waals surface area contributed by atoms with E-state index in [2.05, 4.69) is 41.2 Å². The Labute approximate surface area is 112 Å². The van der Waals surface area contributed by atoms with Crippen LogP contribution in [0.2, 0.25) is 0 Å². The highest BCUT2D eigenvalue weighted by molar-refractivity contribution is 6.03. The van der Waals surface area contributed by atoms with Crippen molar-refractivity contribution in [3.8, 4) is 0 Å². The lowest BCUT2D eigenvalue weighted by atomic mass is 10.1. The van der Waals surface area contributed by atoms with Crippen LogP contribution in [0.25, 0.3) is 21.8 Å². The van der Waals surface area contributed by atoms with Gasteiger partial charge in [0.2, 0.25) is 0 Å². The van der Waals surface area contributed by atoms with Gasteiger partial charge in [-0.3, -0.25) is 4.98 Å². The van der Waals surface area contributed by atoms with Crippen molar-refractivity contribution in [2.75, 3.05) is 5.73 Å². The van der Waals surface area contributed by atoms with Crippen molar-refractivity contribution in [1.29, 1.82) is 0 Å². The van der Waals surface area contributed by atoms with E-state index in [0.717, 1.165) is 45.9 Å². The number of nitrogens with zero attached hydrogens (tertiary/aromatic N) is 2. The highest BCUT2D eigenvalue weighted by Gasteiger charge is 2.08. The van der Waals surface area contributed by atoms with E-state index in [1.165, 1.54) is 0 Å². The molecule has 0 amide bonds. The van der Waals surface area contributed by atoms with Gasteiger partial charge in [-0.15, -0.1) is 0 Å². The summed E-state index contributed by atoms with van der Waals surface area (Å²) in [5, 5.41) is 2.22. The van der Waals surface area contributed by atoms with E-state index >= 15 is 0 Å². The molecular weight excluding hydrogens is 234 g/mol. The van der Waals surface area contributed by atoms with E-state index in [1.54, 1.807) is 0 Å². The van der Waals surface area contributed by atoms with E-state index in [1.807, 2.05) is 13.0 Å². The molecule has 3 aromatic rings. The van der Waals surface area contributed by atoms with Crippen LogP contribution in [0.1, 0.15) is 24.6 Å². The summed E-state index contributed by atoms with van der Waals surface area (Å²) in [6.45, 7) is 4.14. The number of fused-ring (bicyclic) bond motifs is 3. The molecule has 0 unspecified atom stereocenters.